The number of carbonyl (C=O) groups is 1. The molecule has 0 aromatic heterocycles. The van der Waals surface area contributed by atoms with Crippen LogP contribution in [0.3, 0.4) is 0 Å². The van der Waals surface area contributed by atoms with E-state index in [0.29, 0.717) is 5.56 Å². The summed E-state index contributed by atoms with van der Waals surface area (Å²) in [5.74, 6) is 2.41. The van der Waals surface area contributed by atoms with Crippen molar-refractivity contribution in [2.45, 2.75) is 33.1 Å². The van der Waals surface area contributed by atoms with Crippen molar-refractivity contribution in [2.24, 2.45) is 16.8 Å². The molecule has 1 fully saturated rings. The van der Waals surface area contributed by atoms with E-state index >= 15 is 0 Å². The molecule has 0 bridgehead atoms. The van der Waals surface area contributed by atoms with Gasteiger partial charge in [-0.1, -0.05) is 26.0 Å². The molecule has 1 amide bonds. The van der Waals surface area contributed by atoms with E-state index in [2.05, 4.69) is 39.7 Å². The maximum atomic E-state index is 11.7. The minimum atomic E-state index is -0.0511. The Labute approximate surface area is 193 Å². The normalized spacial score (nSPS) is 19.9. The molecule has 0 spiro atoms. The number of nitrogens with one attached hydrogen (secondary N) is 3. The number of carbonyl (C=O) groups excluding carboxylic acids is 1. The summed E-state index contributed by atoms with van der Waals surface area (Å²) in [6.45, 7) is 10.0. The van der Waals surface area contributed by atoms with Gasteiger partial charge in [0.2, 0.25) is 0 Å². The second-order valence-electron chi connectivity index (χ2n) is 8.01. The molecule has 0 saturated carbocycles. The predicted molar refractivity (Wildman–Crippen MR) is 132 cm³/mol. The van der Waals surface area contributed by atoms with Crippen LogP contribution in [0, 0.1) is 11.8 Å². The summed E-state index contributed by atoms with van der Waals surface area (Å²) in [5.41, 5.74) is 1.83. The Morgan fingerprint density at radius 1 is 1.17 bits per heavy atom. The van der Waals surface area contributed by atoms with Gasteiger partial charge in [0.05, 0.1) is 0 Å². The Morgan fingerprint density at radius 3 is 2.52 bits per heavy atom. The van der Waals surface area contributed by atoms with Crippen LogP contribution in [0.5, 0.6) is 0 Å². The lowest BCUT2D eigenvalue weighted by atomic mass is 9.92. The van der Waals surface area contributed by atoms with E-state index in [0.717, 1.165) is 55.8 Å². The second kappa shape index (κ2) is 13.8. The fraction of sp³-hybridized carbons (Fsp3) is 0.636. The summed E-state index contributed by atoms with van der Waals surface area (Å²) in [4.78, 5) is 18.6. The van der Waals surface area contributed by atoms with Crippen LogP contribution in [-0.2, 0) is 6.42 Å². The van der Waals surface area contributed by atoms with E-state index in [1.807, 2.05) is 24.3 Å². The van der Waals surface area contributed by atoms with Crippen molar-refractivity contribution in [2.75, 3.05) is 46.8 Å². The monoisotopic (exact) mass is 515 g/mol. The molecule has 3 N–H and O–H groups in total. The van der Waals surface area contributed by atoms with Gasteiger partial charge in [-0.25, -0.2) is 0 Å². The van der Waals surface area contributed by atoms with Crippen LogP contribution >= 0.6 is 24.0 Å². The number of hydrogen-bond acceptors (Lipinski definition) is 3. The zero-order valence-electron chi connectivity index (χ0n) is 18.3. The van der Waals surface area contributed by atoms with Crippen molar-refractivity contribution >= 4 is 35.8 Å². The number of aliphatic imine (C=N–C) groups is 1. The fourth-order valence-corrected chi connectivity index (χ4v) is 4.04. The first-order valence-electron chi connectivity index (χ1n) is 10.5. The van der Waals surface area contributed by atoms with E-state index < -0.39 is 0 Å². The summed E-state index contributed by atoms with van der Waals surface area (Å²) in [6, 6.07) is 7.75. The number of guanidine groups is 1. The number of benzene rings is 1. The zero-order chi connectivity index (χ0) is 20.4. The van der Waals surface area contributed by atoms with Gasteiger partial charge in [0, 0.05) is 45.8 Å². The molecule has 1 saturated heterocycles. The highest BCUT2D eigenvalue weighted by atomic mass is 127. The number of hydrogen-bond donors (Lipinski definition) is 3. The van der Waals surface area contributed by atoms with Crippen molar-refractivity contribution < 1.29 is 4.79 Å². The largest absolute Gasteiger partial charge is 0.356 e. The van der Waals surface area contributed by atoms with Gasteiger partial charge in [-0.15, -0.1) is 24.0 Å². The first kappa shape index (κ1) is 25.7. The molecule has 6 nitrogen and oxygen atoms in total. The number of halogens is 1. The van der Waals surface area contributed by atoms with Crippen molar-refractivity contribution in [1.82, 2.24) is 20.9 Å². The van der Waals surface area contributed by atoms with Crippen LogP contribution < -0.4 is 16.0 Å². The molecule has 29 heavy (non-hydrogen) atoms. The third kappa shape index (κ3) is 9.33. The molecule has 0 aliphatic carbocycles. The molecular formula is C22H38IN5O. The highest BCUT2D eigenvalue weighted by molar-refractivity contribution is 14.0. The molecule has 0 radical (unpaired) electrons. The summed E-state index contributed by atoms with van der Waals surface area (Å²) in [5, 5.41) is 9.42. The van der Waals surface area contributed by atoms with Gasteiger partial charge >= 0.3 is 0 Å². The van der Waals surface area contributed by atoms with Crippen molar-refractivity contribution in [3.8, 4) is 0 Å². The number of likely N-dealkylation sites (tertiary alicyclic amines) is 1. The van der Waals surface area contributed by atoms with E-state index in [4.69, 9.17) is 0 Å². The lowest BCUT2D eigenvalue weighted by molar-refractivity contribution is 0.0963. The number of rotatable bonds is 8. The van der Waals surface area contributed by atoms with E-state index in [1.54, 1.807) is 14.1 Å². The van der Waals surface area contributed by atoms with Gasteiger partial charge in [0.15, 0.2) is 5.96 Å². The maximum Gasteiger partial charge on any atom is 0.251 e. The third-order valence-electron chi connectivity index (χ3n) is 5.23. The van der Waals surface area contributed by atoms with E-state index in [-0.39, 0.29) is 29.9 Å². The van der Waals surface area contributed by atoms with Gasteiger partial charge in [-0.05, 0) is 55.3 Å². The SMILES string of the molecule is CN=C(NCCCN1CC(C)CC(C)C1)NCCc1cccc(C(=O)NC)c1.I. The molecule has 2 rings (SSSR count). The minimum Gasteiger partial charge on any atom is -0.356 e. The molecule has 164 valence electrons. The van der Waals surface area contributed by atoms with Crippen LogP contribution in [0.2, 0.25) is 0 Å². The lowest BCUT2D eigenvalue weighted by Gasteiger charge is -2.35. The molecule has 1 aromatic carbocycles. The summed E-state index contributed by atoms with van der Waals surface area (Å²) >= 11 is 0. The Balaban J connectivity index is 0.00000420. The first-order chi connectivity index (χ1) is 13.5. The van der Waals surface area contributed by atoms with Gasteiger partial charge < -0.3 is 20.9 Å². The van der Waals surface area contributed by atoms with Crippen LogP contribution in [0.25, 0.3) is 0 Å². The van der Waals surface area contributed by atoms with Gasteiger partial charge in [-0.3, -0.25) is 9.79 Å². The van der Waals surface area contributed by atoms with Crippen LogP contribution in [0.4, 0.5) is 0 Å². The van der Waals surface area contributed by atoms with Crippen LogP contribution in [0.1, 0.15) is 42.6 Å². The van der Waals surface area contributed by atoms with Gasteiger partial charge in [0.1, 0.15) is 0 Å². The van der Waals surface area contributed by atoms with E-state index in [9.17, 15) is 4.79 Å². The number of amides is 1. The summed E-state index contributed by atoms with van der Waals surface area (Å²) in [7, 11) is 3.45. The highest BCUT2D eigenvalue weighted by Crippen LogP contribution is 2.20. The lowest BCUT2D eigenvalue weighted by Crippen LogP contribution is -2.42. The number of piperidine rings is 1. The van der Waals surface area contributed by atoms with Crippen molar-refractivity contribution in [3.63, 3.8) is 0 Å². The van der Waals surface area contributed by atoms with Gasteiger partial charge in [-0.2, -0.15) is 0 Å². The minimum absolute atomic E-state index is 0. The van der Waals surface area contributed by atoms with Crippen molar-refractivity contribution in [3.05, 3.63) is 35.4 Å². The predicted octanol–water partition coefficient (Wildman–Crippen LogP) is 2.74. The molecular weight excluding hydrogens is 477 g/mol. The fourth-order valence-electron chi connectivity index (χ4n) is 4.04. The molecule has 2 atom stereocenters. The van der Waals surface area contributed by atoms with Crippen molar-refractivity contribution in [1.29, 1.82) is 0 Å². The summed E-state index contributed by atoms with van der Waals surface area (Å²) < 4.78 is 0. The Bertz CT molecular complexity index is 642. The third-order valence-corrected chi connectivity index (χ3v) is 5.23. The van der Waals surface area contributed by atoms with Crippen LogP contribution in [0.15, 0.2) is 29.3 Å². The molecule has 1 aliphatic heterocycles. The first-order valence-corrected chi connectivity index (χ1v) is 10.5. The molecule has 1 heterocycles. The molecule has 1 aliphatic rings. The molecule has 7 heteroatoms. The quantitative estimate of drug-likeness (QED) is 0.216. The van der Waals surface area contributed by atoms with E-state index in [1.165, 1.54) is 19.5 Å². The average Bonchev–Trinajstić information content (AvgIpc) is 2.68. The second-order valence-corrected chi connectivity index (χ2v) is 8.01. The van der Waals surface area contributed by atoms with Crippen LogP contribution in [-0.4, -0.2) is 63.6 Å². The topological polar surface area (TPSA) is 68.8 Å². The standard InChI is InChI=1S/C22H37N5O.HI/c1-17-13-18(2)16-27(15-17)12-6-10-25-22(24-4)26-11-9-19-7-5-8-20(14-19)21(28)23-3;/h5,7-8,14,17-18H,6,9-13,15-16H2,1-4H3,(H,23,28)(H2,24,25,26);1H. The maximum absolute atomic E-state index is 11.7. The Hall–Kier alpha value is -1.35. The molecule has 2 unspecified atom stereocenters. The molecule has 1 aromatic rings. The zero-order valence-corrected chi connectivity index (χ0v) is 20.7. The summed E-state index contributed by atoms with van der Waals surface area (Å²) in [6.07, 6.45) is 3.32. The number of nitrogens with zero attached hydrogens (tertiary/aromatic N) is 2. The average molecular weight is 515 g/mol. The van der Waals surface area contributed by atoms with Gasteiger partial charge in [0.25, 0.3) is 5.91 Å². The Morgan fingerprint density at radius 2 is 1.86 bits per heavy atom. The Kier molecular flexibility index (Phi) is 12.2. The highest BCUT2D eigenvalue weighted by Gasteiger charge is 2.20. The smallest absolute Gasteiger partial charge is 0.251 e.